The van der Waals surface area contributed by atoms with E-state index in [2.05, 4.69) is 25.9 Å². The zero-order valence-corrected chi connectivity index (χ0v) is 22.2. The average Bonchev–Trinajstić information content (AvgIpc) is 2.84. The lowest BCUT2D eigenvalue weighted by Crippen LogP contribution is -2.55. The van der Waals surface area contributed by atoms with Crippen LogP contribution in [0.3, 0.4) is 0 Å². The summed E-state index contributed by atoms with van der Waals surface area (Å²) in [5, 5.41) is 17.1. The second-order valence-corrected chi connectivity index (χ2v) is 9.12. The van der Waals surface area contributed by atoms with Gasteiger partial charge >= 0.3 is 5.97 Å². The van der Waals surface area contributed by atoms with Crippen molar-refractivity contribution in [1.82, 2.24) is 20.6 Å². The molecule has 1 aromatic carbocycles. The lowest BCUT2D eigenvalue weighted by Gasteiger charge is -2.25. The fourth-order valence-electron chi connectivity index (χ4n) is 3.46. The Labute approximate surface area is 224 Å². The van der Waals surface area contributed by atoms with Gasteiger partial charge in [0.25, 0.3) is 0 Å². The van der Waals surface area contributed by atoms with E-state index in [1.807, 2.05) is 0 Å². The molecule has 1 heterocycles. The number of hydrogen-bond donors (Lipinski definition) is 4. The highest BCUT2D eigenvalue weighted by molar-refractivity contribution is 6.29. The summed E-state index contributed by atoms with van der Waals surface area (Å²) in [6.07, 6.45) is 0.527. The maximum atomic E-state index is 13.1. The molecule has 0 saturated heterocycles. The molecule has 0 aliphatic heterocycles. The topological polar surface area (TPSA) is 177 Å². The van der Waals surface area contributed by atoms with E-state index in [-0.39, 0.29) is 29.9 Å². The summed E-state index contributed by atoms with van der Waals surface area (Å²) in [7, 11) is 1.43. The molecule has 2 rings (SSSR count). The first kappa shape index (κ1) is 30.2. The molecular formula is C25H30ClN5O7. The van der Waals surface area contributed by atoms with Crippen LogP contribution in [0.1, 0.15) is 43.1 Å². The second-order valence-electron chi connectivity index (χ2n) is 8.73. The van der Waals surface area contributed by atoms with Crippen molar-refractivity contribution in [3.8, 4) is 5.75 Å². The standard InChI is InChI=1S/C25H30ClN5O7/c1-13(2)23(31-21(34)10-16-9-15(14(3)32)5-6-19(16)38-4)24(37)29-17(11-22(35)36)18(33)12-28-25-27-8-7-20(26)30-25/h5-9,13,17,23H,10-12H2,1-4H3,(H,29,37)(H,31,34)(H,35,36)(H,27,28,30)/t17-,23-/m0/s1. The molecule has 4 N–H and O–H groups in total. The molecule has 0 radical (unpaired) electrons. The molecule has 0 aliphatic carbocycles. The number of ether oxygens (including phenoxy) is 1. The number of aliphatic carboxylic acids is 1. The number of nitrogens with one attached hydrogen (secondary N) is 3. The van der Waals surface area contributed by atoms with Crippen molar-refractivity contribution in [2.75, 3.05) is 19.0 Å². The maximum absolute atomic E-state index is 13.1. The van der Waals surface area contributed by atoms with E-state index < -0.39 is 48.0 Å². The molecule has 12 nitrogen and oxygen atoms in total. The minimum atomic E-state index is -1.38. The molecule has 204 valence electrons. The number of nitrogens with zero attached hydrogens (tertiary/aromatic N) is 2. The molecule has 0 fully saturated rings. The van der Waals surface area contributed by atoms with Crippen LogP contribution in [0.25, 0.3) is 0 Å². The molecule has 2 aromatic rings. The number of carbonyl (C=O) groups is 5. The monoisotopic (exact) mass is 547 g/mol. The van der Waals surface area contributed by atoms with Crippen LogP contribution in [-0.2, 0) is 25.6 Å². The molecule has 13 heteroatoms. The van der Waals surface area contributed by atoms with Crippen molar-refractivity contribution in [3.05, 3.63) is 46.7 Å². The van der Waals surface area contributed by atoms with Crippen LogP contribution in [0, 0.1) is 5.92 Å². The van der Waals surface area contributed by atoms with Crippen molar-refractivity contribution in [2.24, 2.45) is 5.92 Å². The molecule has 0 saturated carbocycles. The average molecular weight is 548 g/mol. The van der Waals surface area contributed by atoms with Crippen molar-refractivity contribution < 1.29 is 33.8 Å². The minimum absolute atomic E-state index is 0.0582. The van der Waals surface area contributed by atoms with Gasteiger partial charge in [0.15, 0.2) is 11.6 Å². The number of hydrogen-bond acceptors (Lipinski definition) is 9. The minimum Gasteiger partial charge on any atom is -0.496 e. The normalized spacial score (nSPS) is 12.3. The number of methoxy groups -OCH3 is 1. The van der Waals surface area contributed by atoms with Gasteiger partial charge in [-0.05, 0) is 37.1 Å². The van der Waals surface area contributed by atoms with E-state index in [1.54, 1.807) is 32.0 Å². The fourth-order valence-corrected chi connectivity index (χ4v) is 3.60. The number of carbonyl (C=O) groups excluding carboxylic acids is 4. The van der Waals surface area contributed by atoms with Crippen molar-refractivity contribution in [2.45, 2.75) is 45.7 Å². The van der Waals surface area contributed by atoms with E-state index in [4.69, 9.17) is 16.3 Å². The van der Waals surface area contributed by atoms with Crippen molar-refractivity contribution in [3.63, 3.8) is 0 Å². The quantitative estimate of drug-likeness (QED) is 0.201. The Balaban J connectivity index is 2.11. The molecule has 2 amide bonds. The van der Waals surface area contributed by atoms with Crippen LogP contribution in [-0.4, -0.2) is 70.2 Å². The number of halogens is 1. The number of Topliss-reactive ketones (excluding diaryl/α,β-unsaturated/α-hetero) is 2. The van der Waals surface area contributed by atoms with E-state index in [9.17, 15) is 29.1 Å². The number of carboxylic acids is 1. The maximum Gasteiger partial charge on any atom is 0.305 e. The van der Waals surface area contributed by atoms with Crippen LogP contribution < -0.4 is 20.7 Å². The van der Waals surface area contributed by atoms with Crippen LogP contribution >= 0.6 is 11.6 Å². The largest absolute Gasteiger partial charge is 0.496 e. The first-order valence-electron chi connectivity index (χ1n) is 11.7. The second kappa shape index (κ2) is 14.0. The van der Waals surface area contributed by atoms with Crippen molar-refractivity contribution >= 4 is 46.9 Å². The number of amides is 2. The molecule has 38 heavy (non-hydrogen) atoms. The van der Waals surface area contributed by atoms with E-state index >= 15 is 0 Å². The van der Waals surface area contributed by atoms with Crippen LogP contribution in [0.5, 0.6) is 5.75 Å². The summed E-state index contributed by atoms with van der Waals surface area (Å²) in [6.45, 7) is 4.40. The molecule has 0 unspecified atom stereocenters. The van der Waals surface area contributed by atoms with Gasteiger partial charge in [-0.2, -0.15) is 0 Å². The van der Waals surface area contributed by atoms with Crippen LogP contribution in [0.15, 0.2) is 30.5 Å². The first-order chi connectivity index (χ1) is 17.9. The number of carboxylic acid groups (broad SMARTS) is 1. The number of ketones is 2. The molecule has 0 bridgehead atoms. The van der Waals surface area contributed by atoms with Crippen molar-refractivity contribution in [1.29, 1.82) is 0 Å². The SMILES string of the molecule is COc1ccc(C(C)=O)cc1CC(=O)N[C@H](C(=O)N[C@@H](CC(=O)O)C(=O)CNc1nccc(Cl)n1)C(C)C. The summed E-state index contributed by atoms with van der Waals surface area (Å²) in [5.74, 6) is -3.31. The predicted octanol–water partition coefficient (Wildman–Crippen LogP) is 1.67. The van der Waals surface area contributed by atoms with Gasteiger partial charge in [0.05, 0.1) is 32.5 Å². The summed E-state index contributed by atoms with van der Waals surface area (Å²) in [4.78, 5) is 69.5. The molecule has 2 atom stereocenters. The fraction of sp³-hybridized carbons (Fsp3) is 0.400. The smallest absolute Gasteiger partial charge is 0.305 e. The predicted molar refractivity (Wildman–Crippen MR) is 138 cm³/mol. The highest BCUT2D eigenvalue weighted by Crippen LogP contribution is 2.21. The van der Waals surface area contributed by atoms with E-state index in [1.165, 1.54) is 26.3 Å². The van der Waals surface area contributed by atoms with Crippen LogP contribution in [0.4, 0.5) is 5.95 Å². The number of anilines is 1. The number of aromatic nitrogens is 2. The Kier molecular flexibility index (Phi) is 11.1. The van der Waals surface area contributed by atoms with Gasteiger partial charge in [0.1, 0.15) is 16.9 Å². The lowest BCUT2D eigenvalue weighted by molar-refractivity contribution is -0.140. The molecule has 0 spiro atoms. The summed E-state index contributed by atoms with van der Waals surface area (Å²) in [5.41, 5.74) is 0.854. The molecule has 0 aliphatic rings. The van der Waals surface area contributed by atoms with E-state index in [0.717, 1.165) is 0 Å². The van der Waals surface area contributed by atoms with Gasteiger partial charge in [0, 0.05) is 17.3 Å². The molecular weight excluding hydrogens is 518 g/mol. The van der Waals surface area contributed by atoms with Gasteiger partial charge < -0.3 is 25.8 Å². The Morgan fingerprint density at radius 3 is 2.39 bits per heavy atom. The van der Waals surface area contributed by atoms with Gasteiger partial charge in [-0.1, -0.05) is 25.4 Å². The van der Waals surface area contributed by atoms with Gasteiger partial charge in [-0.3, -0.25) is 24.0 Å². The Bertz CT molecular complexity index is 1200. The Hall–Kier alpha value is -4.06. The highest BCUT2D eigenvalue weighted by atomic mass is 35.5. The third-order valence-corrected chi connectivity index (χ3v) is 5.64. The van der Waals surface area contributed by atoms with Gasteiger partial charge in [-0.15, -0.1) is 0 Å². The van der Waals surface area contributed by atoms with Gasteiger partial charge in [-0.25, -0.2) is 9.97 Å². The van der Waals surface area contributed by atoms with E-state index in [0.29, 0.717) is 16.9 Å². The third-order valence-electron chi connectivity index (χ3n) is 5.43. The van der Waals surface area contributed by atoms with Gasteiger partial charge in [0.2, 0.25) is 17.8 Å². The van der Waals surface area contributed by atoms with Crippen LogP contribution in [0.2, 0.25) is 5.15 Å². The zero-order valence-electron chi connectivity index (χ0n) is 21.4. The zero-order chi connectivity index (χ0) is 28.4. The summed E-state index contributed by atoms with van der Waals surface area (Å²) in [6, 6.07) is 3.70. The molecule has 1 aromatic heterocycles. The Morgan fingerprint density at radius 1 is 1.11 bits per heavy atom. The third kappa shape index (κ3) is 9.11. The number of benzene rings is 1. The number of rotatable bonds is 14. The first-order valence-corrected chi connectivity index (χ1v) is 12.0. The summed E-state index contributed by atoms with van der Waals surface area (Å²) < 4.78 is 5.27. The Morgan fingerprint density at radius 2 is 1.82 bits per heavy atom. The lowest BCUT2D eigenvalue weighted by atomic mass is 10.0. The summed E-state index contributed by atoms with van der Waals surface area (Å²) >= 11 is 5.79. The highest BCUT2D eigenvalue weighted by Gasteiger charge is 2.30.